The molecule has 0 aromatic carbocycles. The first-order valence-electron chi connectivity index (χ1n) is 6.64. The highest BCUT2D eigenvalue weighted by Gasteiger charge is 2.14. The zero-order valence-electron chi connectivity index (χ0n) is 12.2. The van der Waals surface area contributed by atoms with Crippen LogP contribution in [0.15, 0.2) is 42.9 Å². The lowest BCUT2D eigenvalue weighted by Crippen LogP contribution is -2.11. The number of ether oxygens (including phenoxy) is 1. The van der Waals surface area contributed by atoms with Crippen molar-refractivity contribution in [2.75, 3.05) is 7.11 Å². The molecule has 3 heterocycles. The molecule has 0 aliphatic carbocycles. The van der Waals surface area contributed by atoms with Crippen LogP contribution in [0.4, 0.5) is 0 Å². The van der Waals surface area contributed by atoms with E-state index in [1.54, 1.807) is 24.4 Å². The number of nitrogens with two attached hydrogens (primary N) is 1. The maximum Gasteiger partial charge on any atom is 0.250 e. The quantitative estimate of drug-likeness (QED) is 0.746. The summed E-state index contributed by atoms with van der Waals surface area (Å²) in [4.78, 5) is 19.1. The number of hydrogen-bond donors (Lipinski definition) is 2. The molecule has 0 spiro atoms. The predicted molar refractivity (Wildman–Crippen MR) is 81.3 cm³/mol. The Balaban J connectivity index is 2.00. The number of hydrogen-bond acceptors (Lipinski definition) is 6. The zero-order valence-corrected chi connectivity index (χ0v) is 12.2. The third-order valence-electron chi connectivity index (χ3n) is 3.25. The number of carbonyl (C=O) groups excluding carboxylic acids is 1. The van der Waals surface area contributed by atoms with E-state index in [0.717, 1.165) is 0 Å². The second-order valence-electron chi connectivity index (χ2n) is 4.65. The summed E-state index contributed by atoms with van der Waals surface area (Å²) in [6.45, 7) is 0. The van der Waals surface area contributed by atoms with Crippen molar-refractivity contribution in [3.05, 3.63) is 48.4 Å². The molecule has 0 saturated carbocycles. The highest BCUT2D eigenvalue weighted by molar-refractivity contribution is 5.92. The minimum atomic E-state index is -0.571. The van der Waals surface area contributed by atoms with Gasteiger partial charge in [-0.3, -0.25) is 4.79 Å². The Morgan fingerprint density at radius 1 is 1.26 bits per heavy atom. The summed E-state index contributed by atoms with van der Waals surface area (Å²) in [5.41, 5.74) is 6.66. The molecule has 3 rings (SSSR count). The fourth-order valence-corrected chi connectivity index (χ4v) is 2.06. The van der Waals surface area contributed by atoms with Crippen molar-refractivity contribution in [2.45, 2.75) is 0 Å². The van der Waals surface area contributed by atoms with Crippen LogP contribution in [0.25, 0.3) is 16.9 Å². The highest BCUT2D eigenvalue weighted by Crippen LogP contribution is 2.31. The molecule has 23 heavy (non-hydrogen) atoms. The minimum Gasteiger partial charge on any atom is -0.493 e. The van der Waals surface area contributed by atoms with Gasteiger partial charge in [-0.25, -0.2) is 9.97 Å². The summed E-state index contributed by atoms with van der Waals surface area (Å²) in [7, 11) is 1.51. The van der Waals surface area contributed by atoms with Crippen LogP contribution in [0.3, 0.4) is 0 Å². The minimum absolute atomic E-state index is 0.0856. The fourth-order valence-electron chi connectivity index (χ4n) is 2.06. The molecule has 0 atom stereocenters. The lowest BCUT2D eigenvalue weighted by Gasteiger charge is -2.05. The largest absolute Gasteiger partial charge is 0.493 e. The molecule has 8 nitrogen and oxygen atoms in total. The Bertz CT molecular complexity index is 858. The van der Waals surface area contributed by atoms with Crippen molar-refractivity contribution >= 4 is 5.91 Å². The molecule has 0 aliphatic heterocycles. The van der Waals surface area contributed by atoms with Gasteiger partial charge in [-0.1, -0.05) is 0 Å². The summed E-state index contributed by atoms with van der Waals surface area (Å²) < 4.78 is 6.32. The first-order valence-corrected chi connectivity index (χ1v) is 6.64. The van der Waals surface area contributed by atoms with E-state index in [9.17, 15) is 9.90 Å². The number of methoxy groups -OCH3 is 1. The third-order valence-corrected chi connectivity index (χ3v) is 3.25. The van der Waals surface area contributed by atoms with Gasteiger partial charge in [0, 0.05) is 18.5 Å². The maximum atomic E-state index is 11.1. The van der Waals surface area contributed by atoms with Crippen LogP contribution < -0.4 is 10.5 Å². The van der Waals surface area contributed by atoms with Crippen LogP contribution in [-0.4, -0.2) is 37.9 Å². The zero-order chi connectivity index (χ0) is 16.4. The van der Waals surface area contributed by atoms with Gasteiger partial charge in [0.2, 0.25) is 17.7 Å². The lowest BCUT2D eigenvalue weighted by molar-refractivity contribution is 0.1000. The lowest BCUT2D eigenvalue weighted by atomic mass is 10.1. The van der Waals surface area contributed by atoms with Gasteiger partial charge in [-0.2, -0.15) is 9.78 Å². The van der Waals surface area contributed by atoms with Crippen LogP contribution >= 0.6 is 0 Å². The third kappa shape index (κ3) is 2.69. The van der Waals surface area contributed by atoms with Crippen molar-refractivity contribution in [1.29, 1.82) is 0 Å². The van der Waals surface area contributed by atoms with Gasteiger partial charge in [0.15, 0.2) is 5.82 Å². The molecule has 8 heteroatoms. The molecule has 0 fully saturated rings. The van der Waals surface area contributed by atoms with Gasteiger partial charge >= 0.3 is 0 Å². The number of carbonyl (C=O) groups is 1. The van der Waals surface area contributed by atoms with Crippen molar-refractivity contribution in [3.8, 4) is 28.7 Å². The van der Waals surface area contributed by atoms with Crippen LogP contribution in [0.1, 0.15) is 10.4 Å². The molecule has 116 valence electrons. The van der Waals surface area contributed by atoms with E-state index in [0.29, 0.717) is 22.8 Å². The second-order valence-corrected chi connectivity index (χ2v) is 4.65. The number of nitrogens with zero attached hydrogens (tertiary/aromatic N) is 4. The monoisotopic (exact) mass is 311 g/mol. The van der Waals surface area contributed by atoms with Crippen LogP contribution in [0, 0.1) is 0 Å². The van der Waals surface area contributed by atoms with Gasteiger partial charge in [-0.15, -0.1) is 0 Å². The summed E-state index contributed by atoms with van der Waals surface area (Å²) in [5.74, 6) is 0.134. The number of rotatable bonds is 4. The van der Waals surface area contributed by atoms with E-state index in [1.165, 1.54) is 30.3 Å². The molecule has 3 aromatic heterocycles. The van der Waals surface area contributed by atoms with E-state index < -0.39 is 5.91 Å². The van der Waals surface area contributed by atoms with Crippen LogP contribution in [0.2, 0.25) is 0 Å². The maximum absolute atomic E-state index is 11.1. The van der Waals surface area contributed by atoms with Gasteiger partial charge in [0.25, 0.3) is 0 Å². The van der Waals surface area contributed by atoms with Gasteiger partial charge in [0.1, 0.15) is 0 Å². The summed E-state index contributed by atoms with van der Waals surface area (Å²) >= 11 is 0. The van der Waals surface area contributed by atoms with Crippen LogP contribution in [0.5, 0.6) is 11.8 Å². The average Bonchev–Trinajstić information content (AvgIpc) is 2.96. The first kappa shape index (κ1) is 14.5. The Hall–Kier alpha value is -3.42. The summed E-state index contributed by atoms with van der Waals surface area (Å²) in [6.07, 6.45) is 4.41. The molecule has 0 radical (unpaired) electrons. The molecule has 1 amide bonds. The molecule has 0 bridgehead atoms. The fraction of sp³-hybridized carbons (Fsp3) is 0.0667. The SMILES string of the molecule is COc1cc(-c2cnn(-c3ccc(C(N)=O)cn3)c2O)ccn1. The molecule has 3 N–H and O–H groups in total. The smallest absolute Gasteiger partial charge is 0.250 e. The molecular formula is C15H13N5O3. The Morgan fingerprint density at radius 3 is 2.74 bits per heavy atom. The molecule has 3 aromatic rings. The molecule has 0 unspecified atom stereocenters. The molecular weight excluding hydrogens is 298 g/mol. The van der Waals surface area contributed by atoms with Crippen molar-refractivity contribution < 1.29 is 14.6 Å². The number of pyridine rings is 2. The first-order chi connectivity index (χ1) is 11.1. The average molecular weight is 311 g/mol. The van der Waals surface area contributed by atoms with E-state index in [1.807, 2.05) is 0 Å². The van der Waals surface area contributed by atoms with Crippen molar-refractivity contribution in [3.63, 3.8) is 0 Å². The Labute approximate surface area is 131 Å². The van der Waals surface area contributed by atoms with Crippen molar-refractivity contribution in [1.82, 2.24) is 19.7 Å². The standard InChI is InChI=1S/C15H13N5O3/c1-23-13-6-9(4-5-17-13)11-8-19-20(15(11)22)12-3-2-10(7-18-12)14(16)21/h2-8,22H,1H3,(H2,16,21). The molecule has 0 aliphatic rings. The van der Waals surface area contributed by atoms with E-state index in [2.05, 4.69) is 15.1 Å². The topological polar surface area (TPSA) is 116 Å². The molecule has 0 saturated heterocycles. The second kappa shape index (κ2) is 5.76. The van der Waals surface area contributed by atoms with Gasteiger partial charge in [0.05, 0.1) is 24.4 Å². The summed E-state index contributed by atoms with van der Waals surface area (Å²) in [6, 6.07) is 6.47. The summed E-state index contributed by atoms with van der Waals surface area (Å²) in [5, 5.41) is 14.5. The van der Waals surface area contributed by atoms with Gasteiger partial charge in [-0.05, 0) is 23.8 Å². The Kier molecular flexibility index (Phi) is 3.63. The number of aromatic hydroxyl groups is 1. The van der Waals surface area contributed by atoms with E-state index >= 15 is 0 Å². The van der Waals surface area contributed by atoms with E-state index in [-0.39, 0.29) is 11.4 Å². The van der Waals surface area contributed by atoms with Crippen LogP contribution in [-0.2, 0) is 0 Å². The normalized spacial score (nSPS) is 10.5. The van der Waals surface area contributed by atoms with Gasteiger partial charge < -0.3 is 15.6 Å². The predicted octanol–water partition coefficient (Wildman–Crippen LogP) is 1.14. The number of aromatic nitrogens is 4. The number of amides is 1. The number of primary amides is 1. The Morgan fingerprint density at radius 2 is 2.09 bits per heavy atom. The highest BCUT2D eigenvalue weighted by atomic mass is 16.5. The van der Waals surface area contributed by atoms with Crippen molar-refractivity contribution in [2.24, 2.45) is 5.73 Å². The van der Waals surface area contributed by atoms with E-state index in [4.69, 9.17) is 10.5 Å².